The van der Waals surface area contributed by atoms with E-state index in [9.17, 15) is 0 Å². The maximum absolute atomic E-state index is 8.56. The van der Waals surface area contributed by atoms with Crippen molar-refractivity contribution in [3.63, 3.8) is 0 Å². The second-order valence-corrected chi connectivity index (χ2v) is 7.73. The van der Waals surface area contributed by atoms with Gasteiger partial charge in [0, 0.05) is 39.9 Å². The van der Waals surface area contributed by atoms with Gasteiger partial charge in [-0.3, -0.25) is 0 Å². The molecule has 0 fully saturated rings. The normalized spacial score (nSPS) is 18.2. The molecular formula is C20H48O8Th. The van der Waals surface area contributed by atoms with Crippen molar-refractivity contribution >= 4 is 0 Å². The minimum absolute atomic E-state index is 0. The molecule has 0 rings (SSSR count). The Bertz CT molecular complexity index is 204. The Balaban J connectivity index is -0.0000000873. The molecule has 8 unspecified atom stereocenters. The van der Waals surface area contributed by atoms with Gasteiger partial charge in [-0.15, -0.1) is 0 Å². The van der Waals surface area contributed by atoms with Crippen molar-refractivity contribution in [2.24, 2.45) is 0 Å². The first-order chi connectivity index (χ1) is 12.5. The van der Waals surface area contributed by atoms with E-state index in [2.05, 4.69) is 0 Å². The molecule has 0 saturated carbocycles. The maximum atomic E-state index is 8.56. The van der Waals surface area contributed by atoms with Gasteiger partial charge in [0.2, 0.25) is 0 Å². The minimum atomic E-state index is -0.375. The van der Waals surface area contributed by atoms with Gasteiger partial charge in [-0.1, -0.05) is 0 Å². The van der Waals surface area contributed by atoms with E-state index >= 15 is 0 Å². The van der Waals surface area contributed by atoms with Crippen LogP contribution in [0.25, 0.3) is 0 Å². The summed E-state index contributed by atoms with van der Waals surface area (Å²) in [6.45, 7) is 13.3. The monoisotopic (exact) mass is 648 g/mol. The van der Waals surface area contributed by atoms with Gasteiger partial charge in [-0.2, -0.15) is 0 Å². The number of hydrogen-bond acceptors (Lipinski definition) is 8. The molecule has 8 nitrogen and oxygen atoms in total. The predicted octanol–water partition coefficient (Wildman–Crippen LogP) is 0.552. The van der Waals surface area contributed by atoms with Crippen LogP contribution in [0.2, 0.25) is 0 Å². The molecule has 8 N–H and O–H groups in total. The summed E-state index contributed by atoms with van der Waals surface area (Å²) in [5.41, 5.74) is 0. The smallest absolute Gasteiger partial charge is 0.0536 e. The van der Waals surface area contributed by atoms with E-state index in [1.807, 2.05) is 0 Å². The standard InChI is InChI=1S/4C5H12O2.Th/c4*1-4(6)3-5(2)7;/h4*4-7H,3H2,1-2H3;. The van der Waals surface area contributed by atoms with Crippen molar-refractivity contribution in [1.82, 2.24) is 0 Å². The Morgan fingerprint density at radius 3 is 0.379 bits per heavy atom. The molecule has 180 valence electrons. The molecule has 0 spiro atoms. The van der Waals surface area contributed by atoms with E-state index in [0.717, 1.165) is 0 Å². The van der Waals surface area contributed by atoms with Gasteiger partial charge >= 0.3 is 0 Å². The second-order valence-electron chi connectivity index (χ2n) is 7.73. The third-order valence-corrected chi connectivity index (χ3v) is 2.73. The zero-order chi connectivity index (χ0) is 23.4. The Morgan fingerprint density at radius 2 is 0.379 bits per heavy atom. The van der Waals surface area contributed by atoms with Gasteiger partial charge in [-0.05, 0) is 81.1 Å². The Kier molecular flexibility index (Phi) is 37.6. The first-order valence-corrected chi connectivity index (χ1v) is 9.95. The molecule has 29 heavy (non-hydrogen) atoms. The molecule has 0 heterocycles. The van der Waals surface area contributed by atoms with Gasteiger partial charge < -0.3 is 40.9 Å². The quantitative estimate of drug-likeness (QED) is 0.189. The van der Waals surface area contributed by atoms with Crippen molar-refractivity contribution < 1.29 is 80.8 Å². The predicted molar refractivity (Wildman–Crippen MR) is 112 cm³/mol. The van der Waals surface area contributed by atoms with E-state index in [0.29, 0.717) is 25.7 Å². The summed E-state index contributed by atoms with van der Waals surface area (Å²) in [6.07, 6.45) is -1.11. The largest absolute Gasteiger partial charge is 0.393 e. The van der Waals surface area contributed by atoms with Crippen molar-refractivity contribution in [3.05, 3.63) is 0 Å². The number of aliphatic hydroxyl groups excluding tert-OH is 8. The molecule has 0 saturated heterocycles. The summed E-state index contributed by atoms with van der Waals surface area (Å²) in [7, 11) is 0. The SMILES string of the molecule is CC(O)CC(C)O.CC(O)CC(C)O.CC(O)CC(C)O.CC(O)CC(C)O.[Th]. The van der Waals surface area contributed by atoms with Crippen LogP contribution in [0, 0.1) is 39.9 Å². The van der Waals surface area contributed by atoms with Crippen LogP contribution in [0.1, 0.15) is 81.1 Å². The van der Waals surface area contributed by atoms with Crippen molar-refractivity contribution in [3.8, 4) is 0 Å². The molecule has 0 aromatic carbocycles. The van der Waals surface area contributed by atoms with E-state index in [4.69, 9.17) is 40.9 Å². The van der Waals surface area contributed by atoms with E-state index in [1.54, 1.807) is 55.4 Å². The van der Waals surface area contributed by atoms with Crippen LogP contribution in [0.5, 0.6) is 0 Å². The summed E-state index contributed by atoms with van der Waals surface area (Å²) in [5, 5.41) is 68.5. The average molecular weight is 649 g/mol. The summed E-state index contributed by atoms with van der Waals surface area (Å²) in [4.78, 5) is 0. The molecule has 0 aromatic heterocycles. The molecule has 0 aromatic rings. The summed E-state index contributed by atoms with van der Waals surface area (Å²) in [6, 6.07) is 0. The number of rotatable bonds is 8. The fourth-order valence-corrected chi connectivity index (χ4v) is 1.97. The molecule has 0 aliphatic rings. The van der Waals surface area contributed by atoms with E-state index < -0.39 is 0 Å². The van der Waals surface area contributed by atoms with Crippen molar-refractivity contribution in [2.45, 2.75) is 130 Å². The maximum Gasteiger partial charge on any atom is 0.0536 e. The summed E-state index contributed by atoms with van der Waals surface area (Å²) >= 11 is 0. The molecule has 9 heteroatoms. The third-order valence-electron chi connectivity index (χ3n) is 2.73. The van der Waals surface area contributed by atoms with Crippen LogP contribution in [-0.4, -0.2) is 89.7 Å². The molecule has 0 radical (unpaired) electrons. The third kappa shape index (κ3) is 73.1. The zero-order valence-corrected chi connectivity index (χ0v) is 23.6. The first-order valence-electron chi connectivity index (χ1n) is 9.95. The van der Waals surface area contributed by atoms with E-state index in [-0.39, 0.29) is 88.8 Å². The first kappa shape index (κ1) is 40.4. The van der Waals surface area contributed by atoms with Crippen molar-refractivity contribution in [2.75, 3.05) is 0 Å². The molecule has 0 amide bonds. The summed E-state index contributed by atoms with van der Waals surface area (Å²) in [5.74, 6) is 0. The van der Waals surface area contributed by atoms with E-state index in [1.165, 1.54) is 0 Å². The van der Waals surface area contributed by atoms with Crippen LogP contribution in [0.3, 0.4) is 0 Å². The molecule has 0 aliphatic carbocycles. The minimum Gasteiger partial charge on any atom is -0.393 e. The van der Waals surface area contributed by atoms with Crippen LogP contribution >= 0.6 is 0 Å². The number of aliphatic hydroxyl groups is 8. The van der Waals surface area contributed by atoms with Gasteiger partial charge in [0.05, 0.1) is 48.8 Å². The molecular weight excluding hydrogens is 600 g/mol. The summed E-state index contributed by atoms with van der Waals surface area (Å²) < 4.78 is 0. The molecule has 0 aliphatic heterocycles. The average Bonchev–Trinajstić information content (AvgIpc) is 2.32. The topological polar surface area (TPSA) is 162 Å². The Labute approximate surface area is 209 Å². The fraction of sp³-hybridized carbons (Fsp3) is 1.00. The van der Waals surface area contributed by atoms with Gasteiger partial charge in [0.15, 0.2) is 0 Å². The molecule has 8 atom stereocenters. The zero-order valence-electron chi connectivity index (χ0n) is 19.5. The second kappa shape index (κ2) is 27.0. The van der Waals surface area contributed by atoms with Crippen LogP contribution in [0.4, 0.5) is 0 Å². The van der Waals surface area contributed by atoms with Crippen LogP contribution in [0.15, 0.2) is 0 Å². The Hall–Kier alpha value is 1.00. The van der Waals surface area contributed by atoms with Gasteiger partial charge in [-0.25, -0.2) is 0 Å². The fourth-order valence-electron chi connectivity index (χ4n) is 1.97. The number of hydrogen-bond donors (Lipinski definition) is 8. The van der Waals surface area contributed by atoms with Gasteiger partial charge in [0.1, 0.15) is 0 Å². The van der Waals surface area contributed by atoms with Crippen LogP contribution in [-0.2, 0) is 0 Å². The van der Waals surface area contributed by atoms with Crippen LogP contribution < -0.4 is 0 Å². The van der Waals surface area contributed by atoms with Gasteiger partial charge in [0.25, 0.3) is 0 Å². The Morgan fingerprint density at radius 1 is 0.310 bits per heavy atom. The molecule has 0 bridgehead atoms. The van der Waals surface area contributed by atoms with Crippen molar-refractivity contribution in [1.29, 1.82) is 0 Å².